The molecule has 0 aromatic carbocycles. The van der Waals surface area contributed by atoms with Gasteiger partial charge in [0.1, 0.15) is 5.60 Å². The molecule has 16 heavy (non-hydrogen) atoms. The van der Waals surface area contributed by atoms with Crippen molar-refractivity contribution in [2.24, 2.45) is 11.8 Å². The number of ether oxygens (including phenoxy) is 1. The van der Waals surface area contributed by atoms with Gasteiger partial charge in [-0.15, -0.1) is 0 Å². The van der Waals surface area contributed by atoms with E-state index < -0.39 is 5.60 Å². The van der Waals surface area contributed by atoms with Crippen molar-refractivity contribution in [2.75, 3.05) is 13.1 Å². The van der Waals surface area contributed by atoms with Crippen LogP contribution in [-0.2, 0) is 4.74 Å². The third-order valence-corrected chi connectivity index (χ3v) is 3.15. The first-order chi connectivity index (χ1) is 7.37. The lowest BCUT2D eigenvalue weighted by atomic mass is 9.91. The first kappa shape index (κ1) is 11.7. The highest BCUT2D eigenvalue weighted by Gasteiger charge is 2.43. The van der Waals surface area contributed by atoms with E-state index in [0.29, 0.717) is 19.0 Å². The van der Waals surface area contributed by atoms with Crippen LogP contribution in [0, 0.1) is 11.8 Å². The maximum Gasteiger partial charge on any atom is 0.410 e. The minimum atomic E-state index is -0.433. The van der Waals surface area contributed by atoms with Crippen molar-refractivity contribution in [1.82, 2.24) is 4.90 Å². The van der Waals surface area contributed by atoms with E-state index >= 15 is 0 Å². The van der Waals surface area contributed by atoms with Gasteiger partial charge >= 0.3 is 6.09 Å². The number of aliphatic hydroxyl groups is 1. The lowest BCUT2D eigenvalue weighted by molar-refractivity contribution is -0.0360. The van der Waals surface area contributed by atoms with Crippen LogP contribution in [0.4, 0.5) is 4.79 Å². The Morgan fingerprint density at radius 2 is 1.88 bits per heavy atom. The van der Waals surface area contributed by atoms with Crippen LogP contribution >= 0.6 is 0 Å². The first-order valence-corrected chi connectivity index (χ1v) is 6.03. The quantitative estimate of drug-likeness (QED) is 0.780. The van der Waals surface area contributed by atoms with Gasteiger partial charge in [0.25, 0.3) is 0 Å². The summed E-state index contributed by atoms with van der Waals surface area (Å²) < 4.78 is 5.25. The molecular formula is C12H21NO3. The van der Waals surface area contributed by atoms with Gasteiger partial charge in [0, 0.05) is 19.0 Å². The highest BCUT2D eigenvalue weighted by Crippen LogP contribution is 2.38. The maximum atomic E-state index is 11.6. The van der Waals surface area contributed by atoms with E-state index in [1.165, 1.54) is 0 Å². The number of hydrogen-bond donors (Lipinski definition) is 1. The second kappa shape index (κ2) is 3.91. The van der Waals surface area contributed by atoms with Gasteiger partial charge in [-0.1, -0.05) is 0 Å². The van der Waals surface area contributed by atoms with E-state index in [2.05, 4.69) is 0 Å². The summed E-state index contributed by atoms with van der Waals surface area (Å²) in [6.07, 6.45) is 1.82. The SMILES string of the molecule is CC(C)(C)OC(=O)N1CC([C@@H](O)C2CC2)C1. The Balaban J connectivity index is 1.73. The molecule has 0 unspecified atom stereocenters. The van der Waals surface area contributed by atoms with Crippen molar-refractivity contribution >= 4 is 6.09 Å². The molecule has 1 heterocycles. The van der Waals surface area contributed by atoms with Crippen LogP contribution in [0.2, 0.25) is 0 Å². The highest BCUT2D eigenvalue weighted by molar-refractivity contribution is 5.69. The first-order valence-electron chi connectivity index (χ1n) is 6.03. The van der Waals surface area contributed by atoms with Crippen molar-refractivity contribution in [3.05, 3.63) is 0 Å². The second-order valence-electron chi connectivity index (χ2n) is 5.97. The van der Waals surface area contributed by atoms with Gasteiger partial charge in [-0.2, -0.15) is 0 Å². The summed E-state index contributed by atoms with van der Waals surface area (Å²) >= 11 is 0. The third kappa shape index (κ3) is 2.67. The molecule has 0 aromatic rings. The summed E-state index contributed by atoms with van der Waals surface area (Å²) in [5.74, 6) is 0.755. The summed E-state index contributed by atoms with van der Waals surface area (Å²) in [6.45, 7) is 6.88. The minimum absolute atomic E-state index is 0.210. The van der Waals surface area contributed by atoms with Crippen LogP contribution in [0.5, 0.6) is 0 Å². The molecule has 2 fully saturated rings. The number of rotatable bonds is 2. The normalized spacial score (nSPS) is 23.9. The number of amides is 1. The van der Waals surface area contributed by atoms with Gasteiger partial charge in [0.05, 0.1) is 6.10 Å². The summed E-state index contributed by atoms with van der Waals surface area (Å²) in [5.41, 5.74) is -0.433. The molecule has 0 spiro atoms. The zero-order valence-electron chi connectivity index (χ0n) is 10.3. The molecule has 1 N–H and O–H groups in total. The fraction of sp³-hybridized carbons (Fsp3) is 0.917. The third-order valence-electron chi connectivity index (χ3n) is 3.15. The molecule has 1 atom stereocenters. The van der Waals surface area contributed by atoms with E-state index in [-0.39, 0.29) is 18.1 Å². The Bertz CT molecular complexity index is 274. The Morgan fingerprint density at radius 3 is 2.31 bits per heavy atom. The average Bonchev–Trinajstić information content (AvgIpc) is 2.77. The largest absolute Gasteiger partial charge is 0.444 e. The number of carbonyl (C=O) groups excluding carboxylic acids is 1. The van der Waals surface area contributed by atoms with E-state index in [0.717, 1.165) is 12.8 Å². The Hall–Kier alpha value is -0.770. The van der Waals surface area contributed by atoms with Crippen molar-refractivity contribution in [2.45, 2.75) is 45.3 Å². The molecule has 0 aromatic heterocycles. The maximum absolute atomic E-state index is 11.6. The summed E-state index contributed by atoms with van der Waals surface area (Å²) in [6, 6.07) is 0. The van der Waals surface area contributed by atoms with Crippen LogP contribution in [-0.4, -0.2) is 40.9 Å². The van der Waals surface area contributed by atoms with Gasteiger partial charge in [0.2, 0.25) is 0 Å². The molecule has 4 heteroatoms. The fourth-order valence-electron chi connectivity index (χ4n) is 2.03. The van der Waals surface area contributed by atoms with Crippen LogP contribution in [0.1, 0.15) is 33.6 Å². The highest BCUT2D eigenvalue weighted by atomic mass is 16.6. The average molecular weight is 227 g/mol. The molecule has 4 nitrogen and oxygen atoms in total. The standard InChI is InChI=1S/C12H21NO3/c1-12(2,3)16-11(15)13-6-9(7-13)10(14)8-4-5-8/h8-10,14H,4-7H2,1-3H3/t10-/m0/s1. The topological polar surface area (TPSA) is 49.8 Å². The Labute approximate surface area is 96.6 Å². The minimum Gasteiger partial charge on any atom is -0.444 e. The lowest BCUT2D eigenvalue weighted by Gasteiger charge is -2.42. The molecule has 0 radical (unpaired) electrons. The van der Waals surface area contributed by atoms with Crippen molar-refractivity contribution in [3.8, 4) is 0 Å². The number of aliphatic hydroxyl groups excluding tert-OH is 1. The van der Waals surface area contributed by atoms with Crippen molar-refractivity contribution in [3.63, 3.8) is 0 Å². The van der Waals surface area contributed by atoms with Gasteiger partial charge in [-0.05, 0) is 39.5 Å². The van der Waals surface area contributed by atoms with Crippen LogP contribution < -0.4 is 0 Å². The predicted octanol–water partition coefficient (Wildman–Crippen LogP) is 1.62. The predicted molar refractivity (Wildman–Crippen MR) is 60.0 cm³/mol. The molecule has 1 saturated carbocycles. The van der Waals surface area contributed by atoms with E-state index in [1.54, 1.807) is 4.90 Å². The summed E-state index contributed by atoms with van der Waals surface area (Å²) in [7, 11) is 0. The van der Waals surface area contributed by atoms with Gasteiger partial charge in [-0.3, -0.25) is 0 Å². The van der Waals surface area contributed by atoms with E-state index in [9.17, 15) is 9.90 Å². The molecule has 0 bridgehead atoms. The zero-order chi connectivity index (χ0) is 11.9. The zero-order valence-corrected chi connectivity index (χ0v) is 10.3. The molecule has 2 aliphatic rings. The summed E-state index contributed by atoms with van der Waals surface area (Å²) in [5, 5.41) is 9.86. The fourth-order valence-corrected chi connectivity index (χ4v) is 2.03. The van der Waals surface area contributed by atoms with Crippen LogP contribution in [0.15, 0.2) is 0 Å². The Morgan fingerprint density at radius 1 is 1.31 bits per heavy atom. The molecular weight excluding hydrogens is 206 g/mol. The van der Waals surface area contributed by atoms with E-state index in [1.807, 2.05) is 20.8 Å². The number of carbonyl (C=O) groups is 1. The van der Waals surface area contributed by atoms with Crippen molar-refractivity contribution in [1.29, 1.82) is 0 Å². The van der Waals surface area contributed by atoms with Gasteiger partial charge < -0.3 is 14.7 Å². The number of likely N-dealkylation sites (tertiary alicyclic amines) is 1. The van der Waals surface area contributed by atoms with Crippen molar-refractivity contribution < 1.29 is 14.6 Å². The van der Waals surface area contributed by atoms with Gasteiger partial charge in [0.15, 0.2) is 0 Å². The molecule has 1 aliphatic carbocycles. The molecule has 1 aliphatic heterocycles. The lowest BCUT2D eigenvalue weighted by Crippen LogP contribution is -2.55. The smallest absolute Gasteiger partial charge is 0.410 e. The van der Waals surface area contributed by atoms with Crippen LogP contribution in [0.25, 0.3) is 0 Å². The summed E-state index contributed by atoms with van der Waals surface area (Å²) in [4.78, 5) is 13.3. The number of hydrogen-bond acceptors (Lipinski definition) is 3. The number of nitrogens with zero attached hydrogens (tertiary/aromatic N) is 1. The molecule has 92 valence electrons. The van der Waals surface area contributed by atoms with Gasteiger partial charge in [-0.25, -0.2) is 4.79 Å². The van der Waals surface area contributed by atoms with E-state index in [4.69, 9.17) is 4.74 Å². The molecule has 2 rings (SSSR count). The van der Waals surface area contributed by atoms with Crippen LogP contribution in [0.3, 0.4) is 0 Å². The molecule has 1 amide bonds. The second-order valence-corrected chi connectivity index (χ2v) is 5.97. The Kier molecular flexibility index (Phi) is 2.86. The molecule has 1 saturated heterocycles. The monoisotopic (exact) mass is 227 g/mol.